The summed E-state index contributed by atoms with van der Waals surface area (Å²) in [5, 5.41) is 9.76. The maximum Gasteiger partial charge on any atom is 0.343 e. The lowest BCUT2D eigenvalue weighted by atomic mass is 9.87. The molecule has 0 bridgehead atoms. The maximum absolute atomic E-state index is 12.8. The first-order valence-corrected chi connectivity index (χ1v) is 11.7. The van der Waals surface area contributed by atoms with Gasteiger partial charge in [0.2, 0.25) is 0 Å². The highest BCUT2D eigenvalue weighted by molar-refractivity contribution is 5.91. The van der Waals surface area contributed by atoms with Gasteiger partial charge in [0.25, 0.3) is 0 Å². The summed E-state index contributed by atoms with van der Waals surface area (Å²) in [7, 11) is 0. The van der Waals surface area contributed by atoms with Crippen molar-refractivity contribution in [1.29, 1.82) is 0 Å². The largest absolute Gasteiger partial charge is 0.423 e. The third kappa shape index (κ3) is 5.82. The minimum absolute atomic E-state index is 0.0243. The summed E-state index contributed by atoms with van der Waals surface area (Å²) in [6.07, 6.45) is 0.831. The number of carbonyl (C=O) groups is 1. The molecule has 0 spiro atoms. The molecule has 174 valence electrons. The molecule has 0 aliphatic rings. The van der Waals surface area contributed by atoms with Gasteiger partial charge in [-0.3, -0.25) is 0 Å². The van der Waals surface area contributed by atoms with Crippen LogP contribution in [-0.2, 0) is 6.61 Å². The van der Waals surface area contributed by atoms with Crippen LogP contribution in [0, 0.1) is 0 Å². The van der Waals surface area contributed by atoms with Gasteiger partial charge in [0, 0.05) is 29.3 Å². The van der Waals surface area contributed by atoms with E-state index < -0.39 is 0 Å². The minimum atomic E-state index is -0.386. The van der Waals surface area contributed by atoms with Crippen molar-refractivity contribution < 1.29 is 14.6 Å². The van der Waals surface area contributed by atoms with Gasteiger partial charge in [0.15, 0.2) is 0 Å². The first kappa shape index (κ1) is 24.5. The highest BCUT2D eigenvalue weighted by Crippen LogP contribution is 2.37. The van der Waals surface area contributed by atoms with Gasteiger partial charge in [0.1, 0.15) is 5.75 Å². The molecule has 0 amide bonds. The summed E-state index contributed by atoms with van der Waals surface area (Å²) >= 11 is 0. The Morgan fingerprint density at radius 2 is 1.61 bits per heavy atom. The van der Waals surface area contributed by atoms with Crippen LogP contribution in [0.3, 0.4) is 0 Å². The molecule has 0 heterocycles. The van der Waals surface area contributed by atoms with Crippen molar-refractivity contribution in [2.45, 2.75) is 65.6 Å². The lowest BCUT2D eigenvalue weighted by molar-refractivity contribution is 0.0732. The number of hydrogen-bond acceptors (Lipinski definition) is 4. The predicted octanol–water partition coefficient (Wildman–Crippen LogP) is 6.56. The van der Waals surface area contributed by atoms with Crippen LogP contribution >= 0.6 is 0 Å². The van der Waals surface area contributed by atoms with Gasteiger partial charge < -0.3 is 14.7 Å². The highest BCUT2D eigenvalue weighted by Gasteiger charge is 2.22. The van der Waals surface area contributed by atoms with Crippen LogP contribution in [0.4, 0.5) is 5.69 Å². The maximum atomic E-state index is 12.8. The second-order valence-corrected chi connectivity index (χ2v) is 8.94. The number of aliphatic hydroxyl groups is 1. The zero-order chi connectivity index (χ0) is 24.0. The Morgan fingerprint density at radius 1 is 0.909 bits per heavy atom. The van der Waals surface area contributed by atoms with Gasteiger partial charge in [-0.2, -0.15) is 0 Å². The zero-order valence-electron chi connectivity index (χ0n) is 20.3. The fraction of sp³-hybridized carbons (Fsp3) is 0.345. The highest BCUT2D eigenvalue weighted by atomic mass is 16.5. The molecule has 1 unspecified atom stereocenters. The van der Waals surface area contributed by atoms with Crippen LogP contribution in [0.1, 0.15) is 74.0 Å². The van der Waals surface area contributed by atoms with Crippen molar-refractivity contribution in [3.05, 3.63) is 95.1 Å². The molecular weight excluding hydrogens is 410 g/mol. The van der Waals surface area contributed by atoms with Crippen LogP contribution in [0.2, 0.25) is 0 Å². The van der Waals surface area contributed by atoms with Gasteiger partial charge in [-0.1, -0.05) is 43.3 Å². The quantitative estimate of drug-likeness (QED) is 0.299. The van der Waals surface area contributed by atoms with E-state index in [2.05, 4.69) is 63.8 Å². The third-order valence-electron chi connectivity index (χ3n) is 5.94. The molecule has 0 aliphatic heterocycles. The Balaban J connectivity index is 2.03. The molecule has 4 nitrogen and oxygen atoms in total. The van der Waals surface area contributed by atoms with Crippen molar-refractivity contribution >= 4 is 11.7 Å². The van der Waals surface area contributed by atoms with Crippen molar-refractivity contribution in [3.63, 3.8) is 0 Å². The fourth-order valence-corrected chi connectivity index (χ4v) is 4.52. The van der Waals surface area contributed by atoms with Gasteiger partial charge >= 0.3 is 5.97 Å². The molecule has 0 aliphatic carbocycles. The second-order valence-electron chi connectivity index (χ2n) is 8.94. The summed E-state index contributed by atoms with van der Waals surface area (Å²) in [4.78, 5) is 15.2. The average molecular weight is 446 g/mol. The smallest absolute Gasteiger partial charge is 0.343 e. The number of hydrogen-bond donors (Lipinski definition) is 1. The molecule has 0 aromatic heterocycles. The standard InChI is InChI=1S/C29H35NO3/c1-6-26(24-13-10-14-25(18-24)30(20(2)3)21(4)5)27-17-22(19-31)15-16-28(27)33-29(32)23-11-8-7-9-12-23/h7-18,20-21,26,31H,6,19H2,1-5H3. The SMILES string of the molecule is CCC(c1cccc(N(C(C)C)C(C)C)c1)c1cc(CO)ccc1OC(=O)c1ccccc1. The summed E-state index contributed by atoms with van der Waals surface area (Å²) in [5.74, 6) is 0.169. The van der Waals surface area contributed by atoms with Crippen molar-refractivity contribution in [3.8, 4) is 5.75 Å². The van der Waals surface area contributed by atoms with Crippen molar-refractivity contribution in [2.75, 3.05) is 4.90 Å². The van der Waals surface area contributed by atoms with E-state index in [1.165, 1.54) is 5.69 Å². The predicted molar refractivity (Wildman–Crippen MR) is 135 cm³/mol. The van der Waals surface area contributed by atoms with E-state index in [-0.39, 0.29) is 18.5 Å². The number of benzene rings is 3. The zero-order valence-corrected chi connectivity index (χ0v) is 20.3. The Bertz CT molecular complexity index is 1050. The van der Waals surface area contributed by atoms with E-state index in [0.29, 0.717) is 23.4 Å². The molecule has 1 N–H and O–H groups in total. The van der Waals surface area contributed by atoms with E-state index >= 15 is 0 Å². The summed E-state index contributed by atoms with van der Waals surface area (Å²) in [6.45, 7) is 10.9. The Hall–Kier alpha value is -3.11. The first-order valence-electron chi connectivity index (χ1n) is 11.7. The van der Waals surface area contributed by atoms with Gasteiger partial charge in [0.05, 0.1) is 12.2 Å². The van der Waals surface area contributed by atoms with E-state index in [1.54, 1.807) is 24.3 Å². The molecule has 4 heteroatoms. The van der Waals surface area contributed by atoms with E-state index in [4.69, 9.17) is 4.74 Å². The topological polar surface area (TPSA) is 49.8 Å². The molecule has 0 fully saturated rings. The summed E-state index contributed by atoms with van der Waals surface area (Å²) in [5.41, 5.74) is 4.55. The lowest BCUT2D eigenvalue weighted by Gasteiger charge is -2.34. The normalized spacial score (nSPS) is 12.1. The molecular formula is C29H35NO3. The number of aliphatic hydroxyl groups excluding tert-OH is 1. The first-order chi connectivity index (χ1) is 15.8. The molecule has 3 aromatic carbocycles. The van der Waals surface area contributed by atoms with Crippen LogP contribution < -0.4 is 9.64 Å². The van der Waals surface area contributed by atoms with E-state index in [9.17, 15) is 9.90 Å². The molecule has 3 aromatic rings. The summed E-state index contributed by atoms with van der Waals surface area (Å²) < 4.78 is 5.86. The number of rotatable bonds is 9. The van der Waals surface area contributed by atoms with Crippen LogP contribution in [0.25, 0.3) is 0 Å². The fourth-order valence-electron chi connectivity index (χ4n) is 4.52. The van der Waals surface area contributed by atoms with Gasteiger partial charge in [-0.15, -0.1) is 0 Å². The molecule has 0 saturated carbocycles. The van der Waals surface area contributed by atoms with Gasteiger partial charge in [-0.25, -0.2) is 4.79 Å². The number of ether oxygens (including phenoxy) is 1. The van der Waals surface area contributed by atoms with Crippen molar-refractivity contribution in [2.24, 2.45) is 0 Å². The van der Waals surface area contributed by atoms with Crippen LogP contribution in [0.5, 0.6) is 5.75 Å². The summed E-state index contributed by atoms with van der Waals surface area (Å²) in [6, 6.07) is 23.9. The molecule has 0 radical (unpaired) electrons. The monoisotopic (exact) mass is 445 g/mol. The van der Waals surface area contributed by atoms with Gasteiger partial charge in [-0.05, 0) is 81.6 Å². The lowest BCUT2D eigenvalue weighted by Crippen LogP contribution is -2.37. The molecule has 33 heavy (non-hydrogen) atoms. The van der Waals surface area contributed by atoms with Crippen LogP contribution in [0.15, 0.2) is 72.8 Å². The third-order valence-corrected chi connectivity index (χ3v) is 5.94. The number of esters is 1. The molecule has 0 saturated heterocycles. The second kappa shape index (κ2) is 11.2. The van der Waals surface area contributed by atoms with E-state index in [1.807, 2.05) is 24.3 Å². The number of carbonyl (C=O) groups excluding carboxylic acids is 1. The minimum Gasteiger partial charge on any atom is -0.423 e. The number of nitrogens with zero attached hydrogens (tertiary/aromatic N) is 1. The Kier molecular flexibility index (Phi) is 8.29. The van der Waals surface area contributed by atoms with Crippen molar-refractivity contribution in [1.82, 2.24) is 0 Å². The Morgan fingerprint density at radius 3 is 2.21 bits per heavy atom. The van der Waals surface area contributed by atoms with E-state index in [0.717, 1.165) is 23.1 Å². The van der Waals surface area contributed by atoms with Crippen LogP contribution in [-0.4, -0.2) is 23.2 Å². The molecule has 1 atom stereocenters. The number of anilines is 1. The molecule has 3 rings (SSSR count). The Labute approximate surface area is 197 Å². The average Bonchev–Trinajstić information content (AvgIpc) is 2.81.